The van der Waals surface area contributed by atoms with Crippen LogP contribution in [0.25, 0.3) is 11.3 Å². The summed E-state index contributed by atoms with van der Waals surface area (Å²) in [5, 5.41) is 3.49. The van der Waals surface area contributed by atoms with Crippen LogP contribution in [-0.2, 0) is 0 Å². The molecule has 1 amide bonds. The molecule has 134 valence electrons. The van der Waals surface area contributed by atoms with Crippen molar-refractivity contribution < 1.29 is 13.9 Å². The normalized spacial score (nSPS) is 10.6. The molecule has 3 N–H and O–H groups in total. The minimum Gasteiger partial charge on any atom is -0.494 e. The number of carbonyl (C=O) groups excluding carboxylic acids is 1. The Labute approximate surface area is 160 Å². The van der Waals surface area contributed by atoms with Crippen LogP contribution in [0.5, 0.6) is 5.75 Å². The van der Waals surface area contributed by atoms with Gasteiger partial charge in [0.1, 0.15) is 11.5 Å². The molecule has 0 aliphatic rings. The van der Waals surface area contributed by atoms with Crippen LogP contribution in [0.2, 0.25) is 10.0 Å². The molecule has 0 unspecified atom stereocenters. The van der Waals surface area contributed by atoms with E-state index in [9.17, 15) is 4.79 Å². The van der Waals surface area contributed by atoms with E-state index in [4.69, 9.17) is 38.1 Å². The third-order valence-corrected chi connectivity index (χ3v) is 4.45. The van der Waals surface area contributed by atoms with Crippen molar-refractivity contribution in [3.05, 3.63) is 64.3 Å². The Bertz CT molecular complexity index is 954. The van der Waals surface area contributed by atoms with Crippen molar-refractivity contribution in [3.63, 3.8) is 0 Å². The van der Waals surface area contributed by atoms with Gasteiger partial charge in [0.2, 0.25) is 0 Å². The summed E-state index contributed by atoms with van der Waals surface area (Å²) in [4.78, 5) is 12.4. The second kappa shape index (κ2) is 7.72. The van der Waals surface area contributed by atoms with Gasteiger partial charge >= 0.3 is 0 Å². The van der Waals surface area contributed by atoms with E-state index in [-0.39, 0.29) is 5.76 Å². The Morgan fingerprint density at radius 1 is 1.19 bits per heavy atom. The molecular weight excluding hydrogens is 375 g/mol. The highest BCUT2D eigenvalue weighted by atomic mass is 35.5. The van der Waals surface area contributed by atoms with Gasteiger partial charge in [-0.05, 0) is 43.3 Å². The smallest absolute Gasteiger partial charge is 0.291 e. The molecule has 0 bridgehead atoms. The third kappa shape index (κ3) is 3.79. The second-order valence-corrected chi connectivity index (χ2v) is 6.19. The molecule has 0 fully saturated rings. The molecule has 0 atom stereocenters. The van der Waals surface area contributed by atoms with Crippen LogP contribution in [-0.4, -0.2) is 12.5 Å². The van der Waals surface area contributed by atoms with Crippen LogP contribution in [0.15, 0.2) is 52.9 Å². The van der Waals surface area contributed by atoms with Gasteiger partial charge in [-0.1, -0.05) is 29.3 Å². The van der Waals surface area contributed by atoms with Crippen molar-refractivity contribution in [2.75, 3.05) is 17.7 Å². The summed E-state index contributed by atoms with van der Waals surface area (Å²) in [7, 11) is 0. The first-order chi connectivity index (χ1) is 12.5. The zero-order valence-corrected chi connectivity index (χ0v) is 15.4. The van der Waals surface area contributed by atoms with Gasteiger partial charge in [-0.2, -0.15) is 0 Å². The fourth-order valence-corrected chi connectivity index (χ4v) is 2.79. The van der Waals surface area contributed by atoms with E-state index in [0.29, 0.717) is 45.1 Å². The number of benzene rings is 2. The summed E-state index contributed by atoms with van der Waals surface area (Å²) in [6.07, 6.45) is 0. The quantitative estimate of drug-likeness (QED) is 0.564. The Hall–Kier alpha value is -2.63. The van der Waals surface area contributed by atoms with Crippen LogP contribution in [0.1, 0.15) is 17.5 Å². The lowest BCUT2D eigenvalue weighted by Gasteiger charge is -2.09. The summed E-state index contributed by atoms with van der Waals surface area (Å²) in [6.45, 7) is 2.42. The van der Waals surface area contributed by atoms with Crippen LogP contribution >= 0.6 is 23.2 Å². The van der Waals surface area contributed by atoms with Gasteiger partial charge in [-0.15, -0.1) is 0 Å². The Balaban J connectivity index is 1.79. The molecule has 0 saturated heterocycles. The number of hydrogen-bond donors (Lipinski definition) is 2. The van der Waals surface area contributed by atoms with Gasteiger partial charge in [-0.3, -0.25) is 4.79 Å². The fourth-order valence-electron chi connectivity index (χ4n) is 2.39. The predicted octanol–water partition coefficient (Wildman–Crippen LogP) is 5.49. The first-order valence-corrected chi connectivity index (χ1v) is 8.63. The zero-order valence-electron chi connectivity index (χ0n) is 13.9. The maximum absolute atomic E-state index is 12.4. The van der Waals surface area contributed by atoms with Crippen LogP contribution in [0.4, 0.5) is 11.4 Å². The van der Waals surface area contributed by atoms with Crippen LogP contribution in [0.3, 0.4) is 0 Å². The number of furan rings is 1. The van der Waals surface area contributed by atoms with Crippen molar-refractivity contribution in [1.29, 1.82) is 0 Å². The number of nitrogens with two attached hydrogens (primary N) is 1. The van der Waals surface area contributed by atoms with E-state index in [1.54, 1.807) is 48.5 Å². The molecule has 1 heterocycles. The highest BCUT2D eigenvalue weighted by molar-refractivity contribution is 6.43. The standard InChI is InChI=1S/C19H16Cl2N2O3/c1-2-25-11-6-7-15(14(22)10-11)23-19(24)17-9-8-16(26-17)12-4-3-5-13(20)18(12)21/h3-10H,2,22H2,1H3,(H,23,24). The molecule has 3 rings (SSSR count). The number of anilines is 2. The van der Waals surface area contributed by atoms with Crippen molar-refractivity contribution in [2.24, 2.45) is 0 Å². The first kappa shape index (κ1) is 18.2. The summed E-state index contributed by atoms with van der Waals surface area (Å²) in [6, 6.07) is 13.5. The van der Waals surface area contributed by atoms with Crippen LogP contribution < -0.4 is 15.8 Å². The number of amides is 1. The number of nitrogen functional groups attached to an aromatic ring is 1. The van der Waals surface area contributed by atoms with Crippen LogP contribution in [0, 0.1) is 0 Å². The summed E-state index contributed by atoms with van der Waals surface area (Å²) in [5.41, 5.74) is 7.43. The topological polar surface area (TPSA) is 77.5 Å². The molecule has 0 aliphatic heterocycles. The van der Waals surface area contributed by atoms with Crippen molar-refractivity contribution >= 4 is 40.5 Å². The number of carbonyl (C=O) groups is 1. The molecule has 0 saturated carbocycles. The number of halogens is 2. The van der Waals surface area contributed by atoms with Crippen molar-refractivity contribution in [2.45, 2.75) is 6.92 Å². The van der Waals surface area contributed by atoms with Crippen molar-refractivity contribution in [3.8, 4) is 17.1 Å². The number of ether oxygens (including phenoxy) is 1. The number of rotatable bonds is 5. The number of nitrogens with one attached hydrogen (secondary N) is 1. The Kier molecular flexibility index (Phi) is 5.40. The third-order valence-electron chi connectivity index (χ3n) is 3.63. The average Bonchev–Trinajstić information content (AvgIpc) is 3.10. The molecule has 2 aromatic carbocycles. The monoisotopic (exact) mass is 390 g/mol. The van der Waals surface area contributed by atoms with E-state index < -0.39 is 5.91 Å². The highest BCUT2D eigenvalue weighted by Gasteiger charge is 2.16. The molecule has 7 heteroatoms. The Morgan fingerprint density at radius 3 is 2.73 bits per heavy atom. The lowest BCUT2D eigenvalue weighted by molar-refractivity contribution is 0.0997. The lowest BCUT2D eigenvalue weighted by atomic mass is 10.2. The van der Waals surface area contributed by atoms with Gasteiger partial charge in [0, 0.05) is 11.6 Å². The molecule has 3 aromatic rings. The zero-order chi connectivity index (χ0) is 18.7. The minimum absolute atomic E-state index is 0.129. The fraction of sp³-hybridized carbons (Fsp3) is 0.105. The Morgan fingerprint density at radius 2 is 2.00 bits per heavy atom. The second-order valence-electron chi connectivity index (χ2n) is 5.40. The summed E-state index contributed by atoms with van der Waals surface area (Å²) in [5.74, 6) is 0.788. The lowest BCUT2D eigenvalue weighted by Crippen LogP contribution is -2.12. The van der Waals surface area contributed by atoms with Gasteiger partial charge in [0.25, 0.3) is 5.91 Å². The highest BCUT2D eigenvalue weighted by Crippen LogP contribution is 2.34. The molecule has 26 heavy (non-hydrogen) atoms. The number of hydrogen-bond acceptors (Lipinski definition) is 4. The SMILES string of the molecule is CCOc1ccc(NC(=O)c2ccc(-c3cccc(Cl)c3Cl)o2)c(N)c1. The minimum atomic E-state index is -0.426. The van der Waals surface area contributed by atoms with E-state index in [1.807, 2.05) is 6.92 Å². The summed E-state index contributed by atoms with van der Waals surface area (Å²) < 4.78 is 11.0. The molecule has 1 aromatic heterocycles. The molecule has 0 radical (unpaired) electrons. The van der Waals surface area contributed by atoms with E-state index in [0.717, 1.165) is 0 Å². The van der Waals surface area contributed by atoms with E-state index in [1.165, 1.54) is 0 Å². The van der Waals surface area contributed by atoms with Crippen molar-refractivity contribution in [1.82, 2.24) is 0 Å². The van der Waals surface area contributed by atoms with Gasteiger partial charge in [-0.25, -0.2) is 0 Å². The predicted molar refractivity (Wildman–Crippen MR) is 104 cm³/mol. The molecular formula is C19H16Cl2N2O3. The largest absolute Gasteiger partial charge is 0.494 e. The van der Waals surface area contributed by atoms with E-state index >= 15 is 0 Å². The van der Waals surface area contributed by atoms with Gasteiger partial charge < -0.3 is 20.2 Å². The first-order valence-electron chi connectivity index (χ1n) is 7.87. The van der Waals surface area contributed by atoms with Gasteiger partial charge in [0.15, 0.2) is 5.76 Å². The molecule has 5 nitrogen and oxygen atoms in total. The van der Waals surface area contributed by atoms with Gasteiger partial charge in [0.05, 0.1) is 28.0 Å². The maximum atomic E-state index is 12.4. The summed E-state index contributed by atoms with van der Waals surface area (Å²) >= 11 is 12.2. The van der Waals surface area contributed by atoms with E-state index in [2.05, 4.69) is 5.32 Å². The molecule has 0 spiro atoms. The average molecular weight is 391 g/mol. The maximum Gasteiger partial charge on any atom is 0.291 e. The molecule has 0 aliphatic carbocycles.